The van der Waals surface area contributed by atoms with Crippen LogP contribution < -0.4 is 5.32 Å². The fraction of sp³-hybridized carbons (Fsp3) is 0.0833. The lowest BCUT2D eigenvalue weighted by Crippen LogP contribution is -2.15. The van der Waals surface area contributed by atoms with Gasteiger partial charge in [-0.1, -0.05) is 0 Å². The van der Waals surface area contributed by atoms with E-state index < -0.39 is 5.97 Å². The maximum absolute atomic E-state index is 12.0. The number of halogens is 1. The van der Waals surface area contributed by atoms with E-state index in [0.29, 0.717) is 11.4 Å². The van der Waals surface area contributed by atoms with Crippen LogP contribution in [0.1, 0.15) is 20.8 Å². The summed E-state index contributed by atoms with van der Waals surface area (Å²) in [5.74, 6) is -1.37. The normalized spacial score (nSPS) is 10.2. The van der Waals surface area contributed by atoms with E-state index in [9.17, 15) is 9.59 Å². The molecule has 1 aromatic heterocycles. The maximum Gasteiger partial charge on any atom is 0.335 e. The van der Waals surface area contributed by atoms with Gasteiger partial charge in [0.15, 0.2) is 0 Å². The molecule has 98 valence electrons. The van der Waals surface area contributed by atoms with Gasteiger partial charge >= 0.3 is 5.97 Å². The highest BCUT2D eigenvalue weighted by molar-refractivity contribution is 14.1. The topological polar surface area (TPSA) is 84.2 Å². The van der Waals surface area contributed by atoms with Crippen molar-refractivity contribution in [2.75, 3.05) is 5.32 Å². The number of aromatic carboxylic acids is 1. The number of aromatic nitrogens is 2. The third-order valence-corrected chi connectivity index (χ3v) is 3.07. The number of imidazole rings is 1. The Hall–Kier alpha value is -1.90. The van der Waals surface area contributed by atoms with Gasteiger partial charge in [0.2, 0.25) is 0 Å². The van der Waals surface area contributed by atoms with Crippen LogP contribution in [0.5, 0.6) is 0 Å². The molecule has 2 aromatic rings. The largest absolute Gasteiger partial charge is 0.478 e. The number of anilines is 1. The molecule has 1 amide bonds. The predicted octanol–water partition coefficient (Wildman–Crippen LogP) is 1.98. The van der Waals surface area contributed by atoms with Crippen molar-refractivity contribution in [2.45, 2.75) is 0 Å². The van der Waals surface area contributed by atoms with Crippen molar-refractivity contribution in [3.05, 3.63) is 45.6 Å². The summed E-state index contributed by atoms with van der Waals surface area (Å²) in [5.41, 5.74) is 0.971. The van der Waals surface area contributed by atoms with E-state index >= 15 is 0 Å². The van der Waals surface area contributed by atoms with Gasteiger partial charge in [0.05, 0.1) is 18.1 Å². The van der Waals surface area contributed by atoms with E-state index in [2.05, 4.69) is 10.3 Å². The average Bonchev–Trinajstić information content (AvgIpc) is 2.74. The van der Waals surface area contributed by atoms with Gasteiger partial charge in [-0.15, -0.1) is 0 Å². The molecule has 7 heteroatoms. The summed E-state index contributed by atoms with van der Waals surface area (Å²) < 4.78 is 2.32. The summed E-state index contributed by atoms with van der Waals surface area (Å²) >= 11 is 2.00. The van der Waals surface area contributed by atoms with Crippen LogP contribution in [-0.2, 0) is 7.05 Å². The Labute approximate surface area is 122 Å². The van der Waals surface area contributed by atoms with Gasteiger partial charge in [-0.05, 0) is 40.8 Å². The second-order valence-corrected chi connectivity index (χ2v) is 5.12. The van der Waals surface area contributed by atoms with Gasteiger partial charge in [-0.3, -0.25) is 4.79 Å². The van der Waals surface area contributed by atoms with E-state index in [4.69, 9.17) is 5.11 Å². The molecule has 0 aliphatic carbocycles. The molecule has 0 unspecified atom stereocenters. The third kappa shape index (κ3) is 3.11. The average molecular weight is 371 g/mol. The molecule has 0 bridgehead atoms. The molecule has 0 saturated heterocycles. The molecular weight excluding hydrogens is 361 g/mol. The minimum Gasteiger partial charge on any atom is -0.478 e. The molecule has 0 radical (unpaired) electrons. The molecule has 1 heterocycles. The van der Waals surface area contributed by atoms with Crippen LogP contribution in [0.25, 0.3) is 0 Å². The summed E-state index contributed by atoms with van der Waals surface area (Å²) in [4.78, 5) is 26.8. The molecule has 0 spiro atoms. The number of carbonyl (C=O) groups excluding carboxylic acids is 1. The number of hydrogen-bond donors (Lipinski definition) is 2. The number of aryl methyl sites for hydroxylation is 1. The Balaban J connectivity index is 2.26. The first-order chi connectivity index (χ1) is 8.97. The Morgan fingerprint density at radius 1 is 1.37 bits per heavy atom. The molecule has 0 saturated carbocycles. The number of rotatable bonds is 3. The molecule has 0 aliphatic heterocycles. The number of benzene rings is 1. The molecular formula is C12H10IN3O3. The molecule has 0 fully saturated rings. The fourth-order valence-corrected chi connectivity index (χ4v) is 2.23. The number of hydrogen-bond acceptors (Lipinski definition) is 3. The lowest BCUT2D eigenvalue weighted by molar-refractivity contribution is 0.0696. The van der Waals surface area contributed by atoms with Crippen molar-refractivity contribution in [3.63, 3.8) is 0 Å². The molecule has 2 N–H and O–H groups in total. The number of amides is 1. The highest BCUT2D eigenvalue weighted by Crippen LogP contribution is 2.17. The van der Waals surface area contributed by atoms with Crippen molar-refractivity contribution < 1.29 is 14.7 Å². The lowest BCUT2D eigenvalue weighted by Gasteiger charge is -2.07. The van der Waals surface area contributed by atoms with Crippen LogP contribution in [-0.4, -0.2) is 26.5 Å². The number of nitrogens with one attached hydrogen (secondary N) is 1. The van der Waals surface area contributed by atoms with Gasteiger partial charge in [-0.2, -0.15) is 0 Å². The number of carboxylic acid groups (broad SMARTS) is 1. The molecule has 6 nitrogen and oxygen atoms in total. The van der Waals surface area contributed by atoms with E-state index in [0.717, 1.165) is 3.57 Å². The first kappa shape index (κ1) is 13.5. The molecule has 1 aromatic carbocycles. The minimum atomic E-state index is -1.03. The summed E-state index contributed by atoms with van der Waals surface area (Å²) in [6.07, 6.45) is 2.97. The summed E-state index contributed by atoms with van der Waals surface area (Å²) in [7, 11) is 1.71. The standard InChI is InChI=1S/C12H10IN3O3/c1-16-6-14-5-10(16)11(17)15-9-3-7(12(18)19)2-8(13)4-9/h2-6H,1H3,(H,15,17)(H,18,19). The monoisotopic (exact) mass is 371 g/mol. The van der Waals surface area contributed by atoms with Crippen LogP contribution in [0.2, 0.25) is 0 Å². The Morgan fingerprint density at radius 2 is 2.11 bits per heavy atom. The SMILES string of the molecule is Cn1cncc1C(=O)Nc1cc(I)cc(C(=O)O)c1. The maximum atomic E-state index is 12.0. The molecule has 0 aliphatic rings. The van der Waals surface area contributed by atoms with E-state index in [-0.39, 0.29) is 11.5 Å². The zero-order chi connectivity index (χ0) is 14.0. The number of carboxylic acids is 1. The highest BCUT2D eigenvalue weighted by Gasteiger charge is 2.12. The minimum absolute atomic E-state index is 0.132. The molecule has 2 rings (SSSR count). The summed E-state index contributed by atoms with van der Waals surface area (Å²) in [5, 5.41) is 11.6. The Kier molecular flexibility index (Phi) is 3.84. The van der Waals surface area contributed by atoms with E-state index in [1.54, 1.807) is 17.7 Å². The van der Waals surface area contributed by atoms with Gasteiger partial charge in [-0.25, -0.2) is 9.78 Å². The smallest absolute Gasteiger partial charge is 0.335 e. The van der Waals surface area contributed by atoms with Gasteiger partial charge < -0.3 is 15.0 Å². The Morgan fingerprint density at radius 3 is 2.68 bits per heavy atom. The second kappa shape index (κ2) is 5.39. The summed E-state index contributed by atoms with van der Waals surface area (Å²) in [6.45, 7) is 0. The van der Waals surface area contributed by atoms with Crippen LogP contribution in [0.3, 0.4) is 0 Å². The zero-order valence-corrected chi connectivity index (χ0v) is 12.1. The van der Waals surface area contributed by atoms with Crippen molar-refractivity contribution >= 4 is 40.2 Å². The number of nitrogens with zero attached hydrogens (tertiary/aromatic N) is 2. The molecule has 0 atom stereocenters. The van der Waals surface area contributed by atoms with Gasteiger partial charge in [0.25, 0.3) is 5.91 Å². The third-order valence-electron chi connectivity index (χ3n) is 2.45. The fourth-order valence-electron chi connectivity index (χ4n) is 1.56. The van der Waals surface area contributed by atoms with E-state index in [1.807, 2.05) is 22.6 Å². The van der Waals surface area contributed by atoms with E-state index in [1.165, 1.54) is 24.7 Å². The van der Waals surface area contributed by atoms with Crippen molar-refractivity contribution in [2.24, 2.45) is 7.05 Å². The van der Waals surface area contributed by atoms with Crippen molar-refractivity contribution in [1.82, 2.24) is 9.55 Å². The van der Waals surface area contributed by atoms with Crippen LogP contribution in [0.15, 0.2) is 30.7 Å². The quantitative estimate of drug-likeness (QED) is 0.809. The van der Waals surface area contributed by atoms with Gasteiger partial charge in [0.1, 0.15) is 5.69 Å². The zero-order valence-electron chi connectivity index (χ0n) is 9.92. The lowest BCUT2D eigenvalue weighted by atomic mass is 10.2. The van der Waals surface area contributed by atoms with Crippen LogP contribution >= 0.6 is 22.6 Å². The van der Waals surface area contributed by atoms with Crippen LogP contribution in [0, 0.1) is 3.57 Å². The molecule has 19 heavy (non-hydrogen) atoms. The van der Waals surface area contributed by atoms with Crippen LogP contribution in [0.4, 0.5) is 5.69 Å². The predicted molar refractivity (Wildman–Crippen MR) is 77.3 cm³/mol. The number of carbonyl (C=O) groups is 2. The second-order valence-electron chi connectivity index (χ2n) is 3.88. The van der Waals surface area contributed by atoms with Crippen molar-refractivity contribution in [3.8, 4) is 0 Å². The first-order valence-corrected chi connectivity index (χ1v) is 6.37. The van der Waals surface area contributed by atoms with Gasteiger partial charge in [0, 0.05) is 16.3 Å². The summed E-state index contributed by atoms with van der Waals surface area (Å²) in [6, 6.07) is 4.64. The Bertz CT molecular complexity index is 651. The first-order valence-electron chi connectivity index (χ1n) is 5.29. The highest BCUT2D eigenvalue weighted by atomic mass is 127. The van der Waals surface area contributed by atoms with Crippen molar-refractivity contribution in [1.29, 1.82) is 0 Å².